The van der Waals surface area contributed by atoms with Gasteiger partial charge < -0.3 is 5.32 Å². The number of rotatable bonds is 3. The van der Waals surface area contributed by atoms with Crippen LogP contribution in [-0.4, -0.2) is 25.2 Å². The smallest absolute Gasteiger partial charge is 0.179 e. The lowest BCUT2D eigenvalue weighted by molar-refractivity contribution is 0.305. The summed E-state index contributed by atoms with van der Waals surface area (Å²) < 4.78 is 23.1. The summed E-state index contributed by atoms with van der Waals surface area (Å²) in [4.78, 5) is 4.40. The summed E-state index contributed by atoms with van der Waals surface area (Å²) in [6, 6.07) is 3.23. The number of hydrogen-bond acceptors (Lipinski definition) is 4. The minimum Gasteiger partial charge on any atom is -0.364 e. The summed E-state index contributed by atoms with van der Waals surface area (Å²) in [5.74, 6) is 0.479. The van der Waals surface area contributed by atoms with E-state index in [0.717, 1.165) is 12.8 Å². The molecule has 0 spiro atoms. The van der Waals surface area contributed by atoms with Crippen molar-refractivity contribution in [3.8, 4) is 0 Å². The van der Waals surface area contributed by atoms with Crippen LogP contribution in [0.3, 0.4) is 0 Å². The number of sulfone groups is 1. The second-order valence-corrected chi connectivity index (χ2v) is 6.65. The topological polar surface area (TPSA) is 59.1 Å². The van der Waals surface area contributed by atoms with E-state index in [-0.39, 0.29) is 10.4 Å². The second-order valence-electron chi connectivity index (χ2n) is 4.66. The number of nitrogens with zero attached hydrogens (tertiary/aromatic N) is 1. The number of nitrogens with one attached hydrogen (secondary N) is 1. The molecule has 2 rings (SSSR count). The molecule has 1 heterocycles. The van der Waals surface area contributed by atoms with Crippen LogP contribution in [0.15, 0.2) is 23.2 Å². The quantitative estimate of drug-likeness (QED) is 0.875. The van der Waals surface area contributed by atoms with Crippen molar-refractivity contribution in [2.75, 3.05) is 11.6 Å². The first kappa shape index (κ1) is 11.4. The highest BCUT2D eigenvalue weighted by Gasteiger charge is 2.33. The van der Waals surface area contributed by atoms with E-state index in [9.17, 15) is 8.42 Å². The molecule has 1 fully saturated rings. The molecule has 0 atom stereocenters. The molecule has 1 saturated carbocycles. The van der Waals surface area contributed by atoms with Gasteiger partial charge in [0.15, 0.2) is 9.84 Å². The Kier molecular flexibility index (Phi) is 2.66. The molecule has 1 aromatic heterocycles. The molecule has 1 aromatic rings. The average molecular weight is 240 g/mol. The van der Waals surface area contributed by atoms with Gasteiger partial charge in [-0.25, -0.2) is 13.4 Å². The van der Waals surface area contributed by atoms with Crippen molar-refractivity contribution in [3.63, 3.8) is 0 Å². The van der Waals surface area contributed by atoms with Gasteiger partial charge in [-0.1, -0.05) is 0 Å². The Morgan fingerprint density at radius 3 is 2.62 bits per heavy atom. The standard InChI is InChI=1S/C11H16N2O2S/c1-11(6-4-7-11)13-10-9(16(2,14)15)5-3-8-12-10/h3,5,8H,4,6-7H2,1-2H3,(H,12,13). The summed E-state index contributed by atoms with van der Waals surface area (Å²) in [6.45, 7) is 2.09. The molecule has 1 aliphatic carbocycles. The van der Waals surface area contributed by atoms with E-state index in [2.05, 4.69) is 17.2 Å². The normalized spacial score (nSPS) is 18.9. The Labute approximate surface area is 96.0 Å². The Bertz CT molecular complexity index is 492. The summed E-state index contributed by atoms with van der Waals surface area (Å²) in [6.07, 6.45) is 6.13. The van der Waals surface area contributed by atoms with E-state index in [1.54, 1.807) is 18.3 Å². The van der Waals surface area contributed by atoms with Crippen molar-refractivity contribution in [3.05, 3.63) is 18.3 Å². The highest BCUT2D eigenvalue weighted by molar-refractivity contribution is 7.90. The van der Waals surface area contributed by atoms with E-state index < -0.39 is 9.84 Å². The van der Waals surface area contributed by atoms with Crippen molar-refractivity contribution in [1.82, 2.24) is 4.98 Å². The lowest BCUT2D eigenvalue weighted by atomic mass is 9.78. The molecule has 0 radical (unpaired) electrons. The van der Waals surface area contributed by atoms with Gasteiger partial charge in [0.25, 0.3) is 0 Å². The van der Waals surface area contributed by atoms with Crippen LogP contribution < -0.4 is 5.32 Å². The van der Waals surface area contributed by atoms with E-state index in [1.165, 1.54) is 12.7 Å². The molecule has 0 unspecified atom stereocenters. The summed E-state index contributed by atoms with van der Waals surface area (Å²) in [5, 5.41) is 3.24. The third kappa shape index (κ3) is 2.19. The van der Waals surface area contributed by atoms with Crippen LogP contribution in [0.5, 0.6) is 0 Å². The second kappa shape index (κ2) is 3.73. The molecular formula is C11H16N2O2S. The first-order valence-corrected chi connectivity index (χ1v) is 7.23. The van der Waals surface area contributed by atoms with Gasteiger partial charge in [-0.3, -0.25) is 0 Å². The number of hydrogen-bond donors (Lipinski definition) is 1. The molecule has 4 nitrogen and oxygen atoms in total. The van der Waals surface area contributed by atoms with Crippen molar-refractivity contribution >= 4 is 15.7 Å². The van der Waals surface area contributed by atoms with Gasteiger partial charge >= 0.3 is 0 Å². The van der Waals surface area contributed by atoms with Gasteiger partial charge in [-0.15, -0.1) is 0 Å². The molecule has 0 bridgehead atoms. The fourth-order valence-electron chi connectivity index (χ4n) is 1.90. The minimum absolute atomic E-state index is 0.00773. The fraction of sp³-hybridized carbons (Fsp3) is 0.545. The van der Waals surface area contributed by atoms with Gasteiger partial charge in [0.05, 0.1) is 0 Å². The van der Waals surface area contributed by atoms with Gasteiger partial charge in [0.1, 0.15) is 10.7 Å². The lowest BCUT2D eigenvalue weighted by Gasteiger charge is -2.39. The van der Waals surface area contributed by atoms with Crippen LogP contribution in [0.25, 0.3) is 0 Å². The van der Waals surface area contributed by atoms with Crippen molar-refractivity contribution in [1.29, 1.82) is 0 Å². The monoisotopic (exact) mass is 240 g/mol. The maximum atomic E-state index is 11.6. The molecule has 1 N–H and O–H groups in total. The highest BCUT2D eigenvalue weighted by Crippen LogP contribution is 2.35. The predicted octanol–water partition coefficient (Wildman–Crippen LogP) is 1.84. The first-order chi connectivity index (χ1) is 7.41. The van der Waals surface area contributed by atoms with Crippen LogP contribution in [0.2, 0.25) is 0 Å². The molecule has 1 aliphatic rings. The first-order valence-electron chi connectivity index (χ1n) is 5.34. The minimum atomic E-state index is -3.21. The molecule has 0 aromatic carbocycles. The van der Waals surface area contributed by atoms with E-state index in [0.29, 0.717) is 5.82 Å². The molecule has 0 saturated heterocycles. The molecule has 88 valence electrons. The van der Waals surface area contributed by atoms with Crippen LogP contribution in [0.1, 0.15) is 26.2 Å². The zero-order valence-corrected chi connectivity index (χ0v) is 10.3. The SMILES string of the molecule is CC1(Nc2ncccc2S(C)(=O)=O)CCC1. The van der Waals surface area contributed by atoms with Crippen molar-refractivity contribution in [2.24, 2.45) is 0 Å². The van der Waals surface area contributed by atoms with Crippen LogP contribution in [0, 0.1) is 0 Å². The number of aromatic nitrogens is 1. The molecular weight excluding hydrogens is 224 g/mol. The lowest BCUT2D eigenvalue weighted by Crippen LogP contribution is -2.42. The van der Waals surface area contributed by atoms with Gasteiger partial charge in [-0.05, 0) is 38.3 Å². The van der Waals surface area contributed by atoms with Crippen LogP contribution in [0.4, 0.5) is 5.82 Å². The Balaban J connectivity index is 2.34. The summed E-state index contributed by atoms with van der Waals surface area (Å²) in [7, 11) is -3.21. The Morgan fingerprint density at radius 1 is 1.44 bits per heavy atom. The van der Waals surface area contributed by atoms with E-state index >= 15 is 0 Å². The maximum absolute atomic E-state index is 11.6. The van der Waals surface area contributed by atoms with Crippen molar-refractivity contribution in [2.45, 2.75) is 36.6 Å². The summed E-state index contributed by atoms with van der Waals surface area (Å²) in [5.41, 5.74) is 0.00773. The predicted molar refractivity (Wildman–Crippen MR) is 63.2 cm³/mol. The average Bonchev–Trinajstić information content (AvgIpc) is 2.14. The van der Waals surface area contributed by atoms with Gasteiger partial charge in [0.2, 0.25) is 0 Å². The maximum Gasteiger partial charge on any atom is 0.179 e. The molecule has 16 heavy (non-hydrogen) atoms. The van der Waals surface area contributed by atoms with E-state index in [1.807, 2.05) is 0 Å². The Hall–Kier alpha value is -1.10. The zero-order valence-electron chi connectivity index (χ0n) is 9.53. The molecule has 0 amide bonds. The third-order valence-corrected chi connectivity index (χ3v) is 4.18. The Morgan fingerprint density at radius 2 is 2.12 bits per heavy atom. The van der Waals surface area contributed by atoms with Gasteiger partial charge in [0, 0.05) is 18.0 Å². The van der Waals surface area contributed by atoms with E-state index in [4.69, 9.17) is 0 Å². The molecule has 5 heteroatoms. The largest absolute Gasteiger partial charge is 0.364 e. The van der Waals surface area contributed by atoms with Crippen LogP contribution in [-0.2, 0) is 9.84 Å². The fourth-order valence-corrected chi connectivity index (χ4v) is 2.68. The number of pyridine rings is 1. The third-order valence-electron chi connectivity index (χ3n) is 3.05. The van der Waals surface area contributed by atoms with Gasteiger partial charge in [-0.2, -0.15) is 0 Å². The zero-order chi connectivity index (χ0) is 11.8. The summed E-state index contributed by atoms with van der Waals surface area (Å²) >= 11 is 0. The highest BCUT2D eigenvalue weighted by atomic mass is 32.2. The molecule has 0 aliphatic heterocycles. The van der Waals surface area contributed by atoms with Crippen molar-refractivity contribution < 1.29 is 8.42 Å². The van der Waals surface area contributed by atoms with Crippen LogP contribution >= 0.6 is 0 Å². The number of anilines is 1.